The first kappa shape index (κ1) is 37.9. The number of rotatable bonds is 30. The summed E-state index contributed by atoms with van der Waals surface area (Å²) in [6.07, 6.45) is 39.4. The van der Waals surface area contributed by atoms with Crippen molar-refractivity contribution >= 4 is 5.91 Å². The van der Waals surface area contributed by atoms with Gasteiger partial charge >= 0.3 is 0 Å². The molecular formula is C35H67NO3. The topological polar surface area (TPSA) is 69.6 Å². The van der Waals surface area contributed by atoms with E-state index in [0.717, 1.165) is 32.1 Å². The molecule has 2 atom stereocenters. The molecule has 0 bridgehead atoms. The van der Waals surface area contributed by atoms with E-state index in [1.807, 2.05) is 13.0 Å². The van der Waals surface area contributed by atoms with Crippen molar-refractivity contribution in [1.29, 1.82) is 0 Å². The van der Waals surface area contributed by atoms with Crippen LogP contribution in [-0.2, 0) is 4.79 Å². The maximum absolute atomic E-state index is 11.8. The highest BCUT2D eigenvalue weighted by molar-refractivity contribution is 5.76. The fourth-order valence-corrected chi connectivity index (χ4v) is 4.99. The van der Waals surface area contributed by atoms with Crippen molar-refractivity contribution in [3.8, 4) is 0 Å². The van der Waals surface area contributed by atoms with Gasteiger partial charge in [0, 0.05) is 6.42 Å². The molecule has 0 aliphatic carbocycles. The third-order valence-corrected chi connectivity index (χ3v) is 7.69. The average molecular weight is 550 g/mol. The van der Waals surface area contributed by atoms with Crippen molar-refractivity contribution in [3.63, 3.8) is 0 Å². The van der Waals surface area contributed by atoms with E-state index in [0.29, 0.717) is 6.42 Å². The summed E-state index contributed by atoms with van der Waals surface area (Å²) >= 11 is 0. The van der Waals surface area contributed by atoms with Crippen molar-refractivity contribution in [1.82, 2.24) is 5.32 Å². The lowest BCUT2D eigenvalue weighted by Gasteiger charge is -2.19. The van der Waals surface area contributed by atoms with Gasteiger partial charge in [-0.05, 0) is 32.1 Å². The Balaban J connectivity index is 3.42. The predicted molar refractivity (Wildman–Crippen MR) is 170 cm³/mol. The average Bonchev–Trinajstić information content (AvgIpc) is 2.94. The standard InChI is InChI=1S/C35H67NO3/c1-3-5-7-8-9-10-11-12-13-14-15-16-17-18-19-20-21-22-23-24-25-26-27-28-29-30-34(38)33(32-37)36-35(39)31-6-4-2/h25-26,29-30,33-34,37-38H,3-24,27-28,31-32H2,1-2H3,(H,36,39)/b26-25+,30-29+. The molecule has 0 heterocycles. The molecule has 2 unspecified atom stereocenters. The number of aliphatic hydroxyl groups is 2. The van der Waals surface area contributed by atoms with Crippen LogP contribution in [0.25, 0.3) is 0 Å². The highest BCUT2D eigenvalue weighted by Crippen LogP contribution is 2.15. The smallest absolute Gasteiger partial charge is 0.220 e. The van der Waals surface area contributed by atoms with Gasteiger partial charge in [-0.25, -0.2) is 0 Å². The van der Waals surface area contributed by atoms with Gasteiger partial charge in [-0.2, -0.15) is 0 Å². The van der Waals surface area contributed by atoms with Crippen LogP contribution >= 0.6 is 0 Å². The fraction of sp³-hybridized carbons (Fsp3) is 0.857. The number of carbonyl (C=O) groups excluding carboxylic acids is 1. The molecule has 0 radical (unpaired) electrons. The molecule has 0 aromatic rings. The van der Waals surface area contributed by atoms with Crippen molar-refractivity contribution < 1.29 is 15.0 Å². The largest absolute Gasteiger partial charge is 0.394 e. The lowest BCUT2D eigenvalue weighted by molar-refractivity contribution is -0.123. The first-order valence-electron chi connectivity index (χ1n) is 17.1. The van der Waals surface area contributed by atoms with Crippen LogP contribution in [0, 0.1) is 0 Å². The first-order chi connectivity index (χ1) is 19.2. The summed E-state index contributed by atoms with van der Waals surface area (Å²) in [5, 5.41) is 22.3. The zero-order chi connectivity index (χ0) is 28.7. The van der Waals surface area contributed by atoms with Gasteiger partial charge in [-0.15, -0.1) is 0 Å². The number of amides is 1. The molecule has 0 saturated carbocycles. The van der Waals surface area contributed by atoms with Crippen molar-refractivity contribution in [2.24, 2.45) is 0 Å². The third kappa shape index (κ3) is 28.2. The van der Waals surface area contributed by atoms with Crippen LogP contribution in [0.15, 0.2) is 24.3 Å². The van der Waals surface area contributed by atoms with Crippen LogP contribution < -0.4 is 5.32 Å². The molecule has 0 aliphatic heterocycles. The molecular weight excluding hydrogens is 482 g/mol. The minimum absolute atomic E-state index is 0.110. The molecule has 0 rings (SSSR count). The monoisotopic (exact) mass is 550 g/mol. The van der Waals surface area contributed by atoms with Crippen molar-refractivity contribution in [3.05, 3.63) is 24.3 Å². The maximum atomic E-state index is 11.8. The number of aliphatic hydroxyl groups excluding tert-OH is 2. The van der Waals surface area contributed by atoms with E-state index in [1.165, 1.54) is 122 Å². The van der Waals surface area contributed by atoms with Gasteiger partial charge in [0.1, 0.15) is 0 Å². The number of allylic oxidation sites excluding steroid dienone is 3. The van der Waals surface area contributed by atoms with E-state index in [-0.39, 0.29) is 12.5 Å². The van der Waals surface area contributed by atoms with E-state index in [4.69, 9.17) is 0 Å². The SMILES string of the molecule is CCCCCCCCCCCCCCCCCCCCC/C=C/CC/C=C/C(O)C(CO)NC(=O)CCCC. The van der Waals surface area contributed by atoms with E-state index >= 15 is 0 Å². The van der Waals surface area contributed by atoms with Gasteiger partial charge < -0.3 is 15.5 Å². The number of hydrogen-bond acceptors (Lipinski definition) is 3. The zero-order valence-corrected chi connectivity index (χ0v) is 26.2. The minimum Gasteiger partial charge on any atom is -0.394 e. The highest BCUT2D eigenvalue weighted by atomic mass is 16.3. The summed E-state index contributed by atoms with van der Waals surface area (Å²) in [6, 6.07) is -0.629. The maximum Gasteiger partial charge on any atom is 0.220 e. The Hall–Kier alpha value is -1.13. The Morgan fingerprint density at radius 1 is 0.590 bits per heavy atom. The highest BCUT2D eigenvalue weighted by Gasteiger charge is 2.17. The zero-order valence-electron chi connectivity index (χ0n) is 26.2. The quantitative estimate of drug-likeness (QED) is 0.0617. The van der Waals surface area contributed by atoms with Crippen LogP contribution in [0.4, 0.5) is 0 Å². The molecule has 3 N–H and O–H groups in total. The lowest BCUT2D eigenvalue weighted by Crippen LogP contribution is -2.45. The summed E-state index contributed by atoms with van der Waals surface area (Å²) in [6.45, 7) is 4.06. The van der Waals surface area contributed by atoms with Crippen LogP contribution in [0.2, 0.25) is 0 Å². The molecule has 230 valence electrons. The van der Waals surface area contributed by atoms with Crippen LogP contribution in [0.5, 0.6) is 0 Å². The van der Waals surface area contributed by atoms with E-state index in [2.05, 4.69) is 24.4 Å². The second-order valence-corrected chi connectivity index (χ2v) is 11.6. The Morgan fingerprint density at radius 2 is 1.00 bits per heavy atom. The summed E-state index contributed by atoms with van der Waals surface area (Å²) in [7, 11) is 0. The molecule has 4 nitrogen and oxygen atoms in total. The fourth-order valence-electron chi connectivity index (χ4n) is 4.99. The molecule has 0 aromatic carbocycles. The molecule has 0 saturated heterocycles. The van der Waals surface area contributed by atoms with Gasteiger partial charge in [0.15, 0.2) is 0 Å². The number of carbonyl (C=O) groups is 1. The van der Waals surface area contributed by atoms with E-state index < -0.39 is 12.1 Å². The van der Waals surface area contributed by atoms with Gasteiger partial charge in [0.05, 0.1) is 18.8 Å². The second kappa shape index (κ2) is 31.4. The summed E-state index contributed by atoms with van der Waals surface area (Å²) in [5.74, 6) is -0.110. The number of nitrogens with one attached hydrogen (secondary N) is 1. The Labute approximate surface area is 243 Å². The predicted octanol–water partition coefficient (Wildman–Crippen LogP) is 9.73. The summed E-state index contributed by atoms with van der Waals surface area (Å²) < 4.78 is 0. The van der Waals surface area contributed by atoms with Crippen LogP contribution in [0.1, 0.15) is 174 Å². The van der Waals surface area contributed by atoms with Crippen molar-refractivity contribution in [2.75, 3.05) is 6.61 Å². The summed E-state index contributed by atoms with van der Waals surface area (Å²) in [5.41, 5.74) is 0. The lowest BCUT2D eigenvalue weighted by atomic mass is 10.0. The third-order valence-electron chi connectivity index (χ3n) is 7.69. The van der Waals surface area contributed by atoms with Gasteiger partial charge in [-0.1, -0.05) is 160 Å². The molecule has 1 amide bonds. The van der Waals surface area contributed by atoms with Gasteiger partial charge in [-0.3, -0.25) is 4.79 Å². The Bertz CT molecular complexity index is 560. The minimum atomic E-state index is -0.853. The van der Waals surface area contributed by atoms with E-state index in [1.54, 1.807) is 6.08 Å². The summed E-state index contributed by atoms with van der Waals surface area (Å²) in [4.78, 5) is 11.8. The molecule has 0 fully saturated rings. The second-order valence-electron chi connectivity index (χ2n) is 11.6. The Morgan fingerprint density at radius 3 is 1.46 bits per heavy atom. The van der Waals surface area contributed by atoms with Gasteiger partial charge in [0.25, 0.3) is 0 Å². The molecule has 4 heteroatoms. The number of hydrogen-bond donors (Lipinski definition) is 3. The van der Waals surface area contributed by atoms with Gasteiger partial charge in [0.2, 0.25) is 5.91 Å². The first-order valence-corrected chi connectivity index (χ1v) is 17.1. The Kier molecular flexibility index (Phi) is 30.5. The number of unbranched alkanes of at least 4 members (excludes halogenated alkanes) is 21. The molecule has 0 spiro atoms. The van der Waals surface area contributed by atoms with Crippen LogP contribution in [-0.4, -0.2) is 34.9 Å². The molecule has 0 aromatic heterocycles. The normalized spacial score (nSPS) is 13.4. The van der Waals surface area contributed by atoms with E-state index in [9.17, 15) is 15.0 Å². The van der Waals surface area contributed by atoms with Crippen molar-refractivity contribution in [2.45, 2.75) is 187 Å². The molecule has 39 heavy (non-hydrogen) atoms. The van der Waals surface area contributed by atoms with Crippen LogP contribution in [0.3, 0.4) is 0 Å². The molecule has 0 aliphatic rings.